The van der Waals surface area contributed by atoms with Gasteiger partial charge in [-0.25, -0.2) is 4.68 Å². The van der Waals surface area contributed by atoms with Crippen molar-refractivity contribution >= 4 is 17.9 Å². The molecule has 1 aromatic carbocycles. The number of benzene rings is 1. The SMILES string of the molecule is CC(=O)Nc1cccc(-n2nnc(C=O)c2CC(C)C)c1. The monoisotopic (exact) mass is 286 g/mol. The van der Waals surface area contributed by atoms with E-state index < -0.39 is 0 Å². The maximum atomic E-state index is 11.1. The summed E-state index contributed by atoms with van der Waals surface area (Å²) in [7, 11) is 0. The van der Waals surface area contributed by atoms with E-state index in [9.17, 15) is 9.59 Å². The van der Waals surface area contributed by atoms with Gasteiger partial charge in [-0.05, 0) is 30.5 Å². The summed E-state index contributed by atoms with van der Waals surface area (Å²) in [6, 6.07) is 7.28. The molecule has 0 saturated carbocycles. The number of aldehydes is 1. The van der Waals surface area contributed by atoms with Gasteiger partial charge in [0.1, 0.15) is 5.69 Å². The van der Waals surface area contributed by atoms with Gasteiger partial charge < -0.3 is 5.32 Å². The van der Waals surface area contributed by atoms with E-state index in [2.05, 4.69) is 29.5 Å². The number of aromatic nitrogens is 3. The number of carbonyl (C=O) groups is 2. The largest absolute Gasteiger partial charge is 0.326 e. The van der Waals surface area contributed by atoms with E-state index in [1.165, 1.54) is 6.92 Å². The number of anilines is 1. The molecule has 6 heteroatoms. The summed E-state index contributed by atoms with van der Waals surface area (Å²) in [4.78, 5) is 22.2. The molecule has 1 amide bonds. The molecule has 0 aliphatic carbocycles. The predicted octanol–water partition coefficient (Wildman–Crippen LogP) is 2.24. The highest BCUT2D eigenvalue weighted by Gasteiger charge is 2.15. The van der Waals surface area contributed by atoms with Crippen LogP contribution in [0.5, 0.6) is 0 Å². The Morgan fingerprint density at radius 1 is 1.43 bits per heavy atom. The third kappa shape index (κ3) is 3.53. The Hall–Kier alpha value is -2.50. The van der Waals surface area contributed by atoms with Crippen molar-refractivity contribution < 1.29 is 9.59 Å². The Kier molecular flexibility index (Phi) is 4.47. The molecular weight excluding hydrogens is 268 g/mol. The first-order valence-electron chi connectivity index (χ1n) is 6.79. The van der Waals surface area contributed by atoms with Crippen molar-refractivity contribution in [3.8, 4) is 5.69 Å². The Labute approximate surface area is 123 Å². The molecule has 0 radical (unpaired) electrons. The smallest absolute Gasteiger partial charge is 0.221 e. The van der Waals surface area contributed by atoms with Crippen LogP contribution in [0.15, 0.2) is 24.3 Å². The molecule has 0 atom stereocenters. The second kappa shape index (κ2) is 6.30. The van der Waals surface area contributed by atoms with Crippen LogP contribution in [0.1, 0.15) is 37.0 Å². The second-order valence-electron chi connectivity index (χ2n) is 5.28. The average Bonchev–Trinajstić information content (AvgIpc) is 2.80. The molecule has 0 saturated heterocycles. The molecule has 2 aromatic rings. The highest BCUT2D eigenvalue weighted by molar-refractivity contribution is 5.88. The lowest BCUT2D eigenvalue weighted by molar-refractivity contribution is -0.114. The number of nitrogens with zero attached hydrogens (tertiary/aromatic N) is 3. The van der Waals surface area contributed by atoms with Crippen molar-refractivity contribution in [3.63, 3.8) is 0 Å². The summed E-state index contributed by atoms with van der Waals surface area (Å²) in [5.41, 5.74) is 2.57. The first-order chi connectivity index (χ1) is 10.0. The Morgan fingerprint density at radius 3 is 2.81 bits per heavy atom. The van der Waals surface area contributed by atoms with E-state index >= 15 is 0 Å². The minimum absolute atomic E-state index is 0.137. The molecular formula is C15H18N4O2. The molecule has 0 spiro atoms. The molecule has 0 aliphatic rings. The molecule has 0 unspecified atom stereocenters. The fourth-order valence-electron chi connectivity index (χ4n) is 2.11. The van der Waals surface area contributed by atoms with Gasteiger partial charge in [0.15, 0.2) is 6.29 Å². The van der Waals surface area contributed by atoms with Gasteiger partial charge in [-0.15, -0.1) is 5.10 Å². The van der Waals surface area contributed by atoms with Crippen LogP contribution in [-0.2, 0) is 11.2 Å². The van der Waals surface area contributed by atoms with Gasteiger partial charge in [0.2, 0.25) is 5.91 Å². The number of hydrogen-bond donors (Lipinski definition) is 1. The zero-order chi connectivity index (χ0) is 15.4. The van der Waals surface area contributed by atoms with Gasteiger partial charge in [0.25, 0.3) is 0 Å². The molecule has 6 nitrogen and oxygen atoms in total. The maximum absolute atomic E-state index is 11.1. The predicted molar refractivity (Wildman–Crippen MR) is 79.6 cm³/mol. The third-order valence-corrected chi connectivity index (χ3v) is 2.92. The van der Waals surface area contributed by atoms with E-state index in [-0.39, 0.29) is 5.91 Å². The molecule has 0 aliphatic heterocycles. The summed E-state index contributed by atoms with van der Waals surface area (Å²) in [6.07, 6.45) is 1.42. The lowest BCUT2D eigenvalue weighted by Gasteiger charge is -2.10. The Morgan fingerprint density at radius 2 is 2.19 bits per heavy atom. The third-order valence-electron chi connectivity index (χ3n) is 2.92. The molecule has 1 N–H and O–H groups in total. The standard InChI is InChI=1S/C15H18N4O2/c1-10(2)7-15-14(9-20)17-18-19(15)13-6-4-5-12(8-13)16-11(3)21/h4-6,8-10H,7H2,1-3H3,(H,16,21). The van der Waals surface area contributed by atoms with Crippen molar-refractivity contribution in [1.82, 2.24) is 15.0 Å². The normalized spacial score (nSPS) is 10.7. The molecule has 1 heterocycles. The Bertz CT molecular complexity index is 661. The zero-order valence-electron chi connectivity index (χ0n) is 12.3. The van der Waals surface area contributed by atoms with E-state index in [1.807, 2.05) is 12.1 Å². The van der Waals surface area contributed by atoms with Crippen LogP contribution >= 0.6 is 0 Å². The van der Waals surface area contributed by atoms with Crippen molar-refractivity contribution in [2.24, 2.45) is 5.92 Å². The quantitative estimate of drug-likeness (QED) is 0.855. The topological polar surface area (TPSA) is 76.9 Å². The molecule has 1 aromatic heterocycles. The van der Waals surface area contributed by atoms with Crippen molar-refractivity contribution in [2.45, 2.75) is 27.2 Å². The number of amides is 1. The molecule has 2 rings (SSSR count). The van der Waals surface area contributed by atoms with E-state index in [0.717, 1.165) is 17.7 Å². The van der Waals surface area contributed by atoms with Crippen LogP contribution in [0.4, 0.5) is 5.69 Å². The van der Waals surface area contributed by atoms with Gasteiger partial charge in [-0.1, -0.05) is 25.1 Å². The summed E-state index contributed by atoms with van der Waals surface area (Å²) >= 11 is 0. The fraction of sp³-hybridized carbons (Fsp3) is 0.333. The van der Waals surface area contributed by atoms with Crippen LogP contribution in [0.25, 0.3) is 5.69 Å². The van der Waals surface area contributed by atoms with E-state index in [0.29, 0.717) is 23.7 Å². The minimum atomic E-state index is -0.137. The lowest BCUT2D eigenvalue weighted by atomic mass is 10.1. The van der Waals surface area contributed by atoms with E-state index in [4.69, 9.17) is 0 Å². The second-order valence-corrected chi connectivity index (χ2v) is 5.28. The van der Waals surface area contributed by atoms with Crippen LogP contribution in [0.3, 0.4) is 0 Å². The molecule has 0 fully saturated rings. The number of carbonyl (C=O) groups excluding carboxylic acids is 2. The minimum Gasteiger partial charge on any atom is -0.326 e. The average molecular weight is 286 g/mol. The van der Waals surface area contributed by atoms with Gasteiger partial charge in [-0.3, -0.25) is 9.59 Å². The lowest BCUT2D eigenvalue weighted by Crippen LogP contribution is -2.09. The number of nitrogens with one attached hydrogen (secondary N) is 1. The number of hydrogen-bond acceptors (Lipinski definition) is 4. The summed E-state index contributed by atoms with van der Waals surface area (Å²) < 4.78 is 1.65. The summed E-state index contributed by atoms with van der Waals surface area (Å²) in [6.45, 7) is 5.59. The summed E-state index contributed by atoms with van der Waals surface area (Å²) in [5, 5.41) is 10.7. The first kappa shape index (κ1) is 14.9. The zero-order valence-corrected chi connectivity index (χ0v) is 12.3. The van der Waals surface area contributed by atoms with Crippen LogP contribution in [0.2, 0.25) is 0 Å². The van der Waals surface area contributed by atoms with Crippen molar-refractivity contribution in [1.29, 1.82) is 0 Å². The Balaban J connectivity index is 2.43. The fourth-order valence-corrected chi connectivity index (χ4v) is 2.11. The van der Waals surface area contributed by atoms with Gasteiger partial charge >= 0.3 is 0 Å². The highest BCUT2D eigenvalue weighted by atomic mass is 16.1. The first-order valence-corrected chi connectivity index (χ1v) is 6.79. The van der Waals surface area contributed by atoms with Crippen LogP contribution < -0.4 is 5.32 Å². The van der Waals surface area contributed by atoms with Crippen LogP contribution in [0, 0.1) is 5.92 Å². The van der Waals surface area contributed by atoms with Crippen LogP contribution in [-0.4, -0.2) is 27.2 Å². The molecule has 0 bridgehead atoms. The van der Waals surface area contributed by atoms with Crippen molar-refractivity contribution in [2.75, 3.05) is 5.32 Å². The molecule has 110 valence electrons. The van der Waals surface area contributed by atoms with Gasteiger partial charge in [0.05, 0.1) is 11.4 Å². The number of rotatable bonds is 5. The summed E-state index contributed by atoms with van der Waals surface area (Å²) in [5.74, 6) is 0.237. The van der Waals surface area contributed by atoms with Gasteiger partial charge in [0, 0.05) is 12.6 Å². The van der Waals surface area contributed by atoms with Gasteiger partial charge in [-0.2, -0.15) is 0 Å². The maximum Gasteiger partial charge on any atom is 0.221 e. The highest BCUT2D eigenvalue weighted by Crippen LogP contribution is 2.19. The van der Waals surface area contributed by atoms with Crippen molar-refractivity contribution in [3.05, 3.63) is 35.7 Å². The van der Waals surface area contributed by atoms with E-state index in [1.54, 1.807) is 16.8 Å². The molecule has 21 heavy (non-hydrogen) atoms.